The molecule has 1 saturated heterocycles. The van der Waals surface area contributed by atoms with Crippen LogP contribution in [0.1, 0.15) is 49.9 Å². The molecule has 1 unspecified atom stereocenters. The monoisotopic (exact) mass is 237 g/mol. The number of morpholine rings is 1. The smallest absolute Gasteiger partial charge is 0.106 e. The Kier molecular flexibility index (Phi) is 3.59. The average molecular weight is 237 g/mol. The SMILES string of the molecule is CCC1(CC)COC(c2cc(C)oc2C)CN1. The summed E-state index contributed by atoms with van der Waals surface area (Å²) in [4.78, 5) is 0. The van der Waals surface area contributed by atoms with Gasteiger partial charge in [0, 0.05) is 17.6 Å². The van der Waals surface area contributed by atoms with Crippen molar-refractivity contribution in [3.8, 4) is 0 Å². The molecule has 17 heavy (non-hydrogen) atoms. The summed E-state index contributed by atoms with van der Waals surface area (Å²) < 4.78 is 11.6. The van der Waals surface area contributed by atoms with Crippen LogP contribution < -0.4 is 5.32 Å². The number of hydrogen-bond acceptors (Lipinski definition) is 3. The third kappa shape index (κ3) is 2.40. The van der Waals surface area contributed by atoms with E-state index in [2.05, 4.69) is 25.2 Å². The summed E-state index contributed by atoms with van der Waals surface area (Å²) in [5.74, 6) is 1.94. The van der Waals surface area contributed by atoms with Gasteiger partial charge < -0.3 is 14.5 Å². The molecule has 1 atom stereocenters. The lowest BCUT2D eigenvalue weighted by Crippen LogP contribution is -2.54. The molecule has 1 aliphatic heterocycles. The van der Waals surface area contributed by atoms with Gasteiger partial charge in [-0.05, 0) is 32.8 Å². The highest BCUT2D eigenvalue weighted by atomic mass is 16.5. The quantitative estimate of drug-likeness (QED) is 0.877. The molecule has 0 aromatic carbocycles. The Hall–Kier alpha value is -0.800. The second-order valence-corrected chi connectivity index (χ2v) is 5.04. The van der Waals surface area contributed by atoms with E-state index in [9.17, 15) is 0 Å². The molecule has 0 spiro atoms. The predicted molar refractivity (Wildman–Crippen MR) is 68.2 cm³/mol. The maximum Gasteiger partial charge on any atom is 0.106 e. The molecule has 1 aromatic rings. The van der Waals surface area contributed by atoms with Gasteiger partial charge in [0.1, 0.15) is 11.5 Å². The Morgan fingerprint density at radius 3 is 2.47 bits per heavy atom. The Balaban J connectivity index is 2.06. The fourth-order valence-corrected chi connectivity index (χ4v) is 2.55. The van der Waals surface area contributed by atoms with Crippen LogP contribution in [0.3, 0.4) is 0 Å². The van der Waals surface area contributed by atoms with E-state index in [1.54, 1.807) is 0 Å². The van der Waals surface area contributed by atoms with Crippen LogP contribution in [0.4, 0.5) is 0 Å². The van der Waals surface area contributed by atoms with Gasteiger partial charge >= 0.3 is 0 Å². The highest BCUT2D eigenvalue weighted by molar-refractivity contribution is 5.24. The van der Waals surface area contributed by atoms with Crippen molar-refractivity contribution in [1.29, 1.82) is 0 Å². The van der Waals surface area contributed by atoms with E-state index in [1.165, 1.54) is 5.56 Å². The highest BCUT2D eigenvalue weighted by Crippen LogP contribution is 2.30. The van der Waals surface area contributed by atoms with Crippen molar-refractivity contribution >= 4 is 0 Å². The van der Waals surface area contributed by atoms with Gasteiger partial charge in [0.25, 0.3) is 0 Å². The molecule has 2 rings (SSSR count). The lowest BCUT2D eigenvalue weighted by Gasteiger charge is -2.40. The standard InChI is InChI=1S/C14H23NO2/c1-5-14(6-2)9-16-13(8-15-14)12-7-10(3)17-11(12)4/h7,13,15H,5-6,8-9H2,1-4H3. The second kappa shape index (κ2) is 4.83. The van der Waals surface area contributed by atoms with Gasteiger partial charge in [-0.25, -0.2) is 0 Å². The van der Waals surface area contributed by atoms with E-state index in [0.29, 0.717) is 0 Å². The van der Waals surface area contributed by atoms with Crippen LogP contribution in [0, 0.1) is 13.8 Å². The third-order valence-electron chi connectivity index (χ3n) is 4.00. The largest absolute Gasteiger partial charge is 0.466 e. The lowest BCUT2D eigenvalue weighted by molar-refractivity contribution is -0.0380. The minimum absolute atomic E-state index is 0.138. The molecule has 1 aliphatic rings. The molecule has 0 amide bonds. The van der Waals surface area contributed by atoms with Crippen molar-refractivity contribution in [2.45, 2.75) is 52.2 Å². The van der Waals surface area contributed by atoms with E-state index in [1.807, 2.05) is 13.8 Å². The maximum atomic E-state index is 6.03. The Labute approximate surface area is 104 Å². The van der Waals surface area contributed by atoms with Crippen molar-refractivity contribution in [2.24, 2.45) is 0 Å². The van der Waals surface area contributed by atoms with E-state index >= 15 is 0 Å². The van der Waals surface area contributed by atoms with Crippen molar-refractivity contribution < 1.29 is 9.15 Å². The molecular weight excluding hydrogens is 214 g/mol. The minimum Gasteiger partial charge on any atom is -0.466 e. The molecule has 0 aliphatic carbocycles. The summed E-state index contributed by atoms with van der Waals surface area (Å²) in [6.07, 6.45) is 2.36. The second-order valence-electron chi connectivity index (χ2n) is 5.04. The molecular formula is C14H23NO2. The van der Waals surface area contributed by atoms with Crippen molar-refractivity contribution in [3.05, 3.63) is 23.2 Å². The van der Waals surface area contributed by atoms with Crippen LogP contribution in [-0.4, -0.2) is 18.7 Å². The number of nitrogens with one attached hydrogen (secondary N) is 1. The fraction of sp³-hybridized carbons (Fsp3) is 0.714. The lowest BCUT2D eigenvalue weighted by atomic mass is 9.91. The third-order valence-corrected chi connectivity index (χ3v) is 4.00. The zero-order valence-corrected chi connectivity index (χ0v) is 11.3. The summed E-state index contributed by atoms with van der Waals surface area (Å²) in [7, 11) is 0. The Morgan fingerprint density at radius 2 is 2.06 bits per heavy atom. The van der Waals surface area contributed by atoms with E-state index in [0.717, 1.165) is 37.5 Å². The van der Waals surface area contributed by atoms with Crippen LogP contribution in [0.15, 0.2) is 10.5 Å². The minimum atomic E-state index is 0.138. The zero-order chi connectivity index (χ0) is 12.5. The molecule has 96 valence electrons. The van der Waals surface area contributed by atoms with Crippen molar-refractivity contribution in [3.63, 3.8) is 0 Å². The summed E-state index contributed by atoms with van der Waals surface area (Å²) in [5, 5.41) is 3.65. The van der Waals surface area contributed by atoms with Crippen LogP contribution in [-0.2, 0) is 4.74 Å². The van der Waals surface area contributed by atoms with E-state index in [4.69, 9.17) is 9.15 Å². The van der Waals surface area contributed by atoms with Gasteiger partial charge in [0.2, 0.25) is 0 Å². The number of hydrogen-bond donors (Lipinski definition) is 1. The topological polar surface area (TPSA) is 34.4 Å². The Morgan fingerprint density at radius 1 is 1.35 bits per heavy atom. The zero-order valence-electron chi connectivity index (χ0n) is 11.3. The van der Waals surface area contributed by atoms with Crippen molar-refractivity contribution in [1.82, 2.24) is 5.32 Å². The maximum absolute atomic E-state index is 6.03. The normalized spacial score (nSPS) is 23.9. The van der Waals surface area contributed by atoms with E-state index < -0.39 is 0 Å². The van der Waals surface area contributed by atoms with E-state index in [-0.39, 0.29) is 11.6 Å². The van der Waals surface area contributed by atoms with Gasteiger partial charge in [0.05, 0.1) is 12.7 Å². The highest BCUT2D eigenvalue weighted by Gasteiger charge is 2.33. The molecule has 2 heterocycles. The van der Waals surface area contributed by atoms with Gasteiger partial charge in [-0.1, -0.05) is 13.8 Å². The summed E-state index contributed by atoms with van der Waals surface area (Å²) in [6, 6.07) is 2.09. The molecule has 1 fully saturated rings. The van der Waals surface area contributed by atoms with Crippen molar-refractivity contribution in [2.75, 3.05) is 13.2 Å². The van der Waals surface area contributed by atoms with Crippen LogP contribution in [0.2, 0.25) is 0 Å². The van der Waals surface area contributed by atoms with Crippen LogP contribution in [0.25, 0.3) is 0 Å². The van der Waals surface area contributed by atoms with Gasteiger partial charge in [-0.3, -0.25) is 0 Å². The van der Waals surface area contributed by atoms with Gasteiger partial charge in [0.15, 0.2) is 0 Å². The molecule has 0 saturated carbocycles. The number of rotatable bonds is 3. The van der Waals surface area contributed by atoms with Gasteiger partial charge in [-0.15, -0.1) is 0 Å². The Bertz CT molecular complexity index is 370. The molecule has 0 radical (unpaired) electrons. The molecule has 1 aromatic heterocycles. The average Bonchev–Trinajstić information content (AvgIpc) is 2.69. The number of aryl methyl sites for hydroxylation is 2. The first-order valence-corrected chi connectivity index (χ1v) is 6.54. The van der Waals surface area contributed by atoms with Crippen LogP contribution in [0.5, 0.6) is 0 Å². The fourth-order valence-electron chi connectivity index (χ4n) is 2.55. The summed E-state index contributed by atoms with van der Waals surface area (Å²) in [5.41, 5.74) is 1.36. The first-order chi connectivity index (χ1) is 8.10. The summed E-state index contributed by atoms with van der Waals surface area (Å²) in [6.45, 7) is 10.1. The first kappa shape index (κ1) is 12.7. The molecule has 3 nitrogen and oxygen atoms in total. The molecule has 3 heteroatoms. The van der Waals surface area contributed by atoms with Gasteiger partial charge in [-0.2, -0.15) is 0 Å². The molecule has 0 bridgehead atoms. The predicted octanol–water partition coefficient (Wildman–Crippen LogP) is 3.12. The first-order valence-electron chi connectivity index (χ1n) is 6.54. The summed E-state index contributed by atoms with van der Waals surface area (Å²) >= 11 is 0. The number of furan rings is 1. The number of ether oxygens (including phenoxy) is 1. The molecule has 1 N–H and O–H groups in total. The van der Waals surface area contributed by atoms with Crippen LogP contribution >= 0.6 is 0 Å².